The molecule has 3 aliphatic rings. The highest BCUT2D eigenvalue weighted by molar-refractivity contribution is 7.46. The van der Waals surface area contributed by atoms with E-state index in [-0.39, 0.29) is 11.2 Å². The van der Waals surface area contributed by atoms with Crippen molar-refractivity contribution in [1.82, 2.24) is 0 Å². The van der Waals surface area contributed by atoms with Gasteiger partial charge in [-0.05, 0) is 72.6 Å². The van der Waals surface area contributed by atoms with Crippen LogP contribution in [0.25, 0.3) is 0 Å². The number of phosphoric ester groups is 1. The molecule has 0 amide bonds. The summed E-state index contributed by atoms with van der Waals surface area (Å²) < 4.78 is 15.8. The van der Waals surface area contributed by atoms with Gasteiger partial charge >= 0.3 is 7.82 Å². The van der Waals surface area contributed by atoms with E-state index in [0.717, 1.165) is 31.2 Å². The van der Waals surface area contributed by atoms with Crippen molar-refractivity contribution in [2.75, 3.05) is 0 Å². The minimum absolute atomic E-state index is 0.151. The lowest BCUT2D eigenvalue weighted by Crippen LogP contribution is -2.43. The number of benzene rings is 1. The number of fused-ring (bicyclic) bond motifs is 5. The summed E-state index contributed by atoms with van der Waals surface area (Å²) in [7, 11) is -4.53. The summed E-state index contributed by atoms with van der Waals surface area (Å²) in [6.07, 6.45) is 4.59. The number of carbonyl (C=O) groups excluding carboxylic acids is 1. The Hall–Kier alpha value is -1.16. The molecule has 0 spiro atoms. The minimum Gasteiger partial charge on any atom is -0.404 e. The van der Waals surface area contributed by atoms with Gasteiger partial charge in [0.2, 0.25) is 0 Å². The molecule has 3 aliphatic carbocycles. The van der Waals surface area contributed by atoms with Crippen LogP contribution in [0.2, 0.25) is 0 Å². The van der Waals surface area contributed by atoms with Gasteiger partial charge in [-0.15, -0.1) is 0 Å². The van der Waals surface area contributed by atoms with Crippen LogP contribution in [0.4, 0.5) is 0 Å². The second kappa shape index (κ2) is 7.35. The molecule has 0 radical (unpaired) electrons. The number of phosphoric acid groups is 1. The highest BCUT2D eigenvalue weighted by Gasteiger charge is 2.57. The number of hydrogen-bond donors (Lipinski definition) is 2. The molecule has 0 saturated heterocycles. The monoisotopic (exact) mass is 394 g/mol. The van der Waals surface area contributed by atoms with Crippen molar-refractivity contribution < 1.29 is 23.7 Å². The SMILES string of the molecule is CC.CC1CC(=O)C2(C)CCC3c4ccc(OP(=O)(O)O)cc4CCC3C12. The molecule has 2 fully saturated rings. The second-order valence-electron chi connectivity index (χ2n) is 8.34. The summed E-state index contributed by atoms with van der Waals surface area (Å²) in [4.78, 5) is 30.6. The fraction of sp³-hybridized carbons (Fsp3) is 0.667. The standard InChI is InChI=1S/C19H25O5P.C2H6/c1-11-9-17(20)19(2)8-7-15-14-6-4-13(24-25(21,22)23)10-12(14)3-5-16(15)18(11)19;1-2/h4,6,10-11,15-16,18H,3,5,7-9H2,1-2H3,(H2,21,22,23);1-2H3. The van der Waals surface area contributed by atoms with Crippen molar-refractivity contribution in [2.45, 2.75) is 65.7 Å². The molecule has 2 saturated carbocycles. The first-order chi connectivity index (χ1) is 12.7. The van der Waals surface area contributed by atoms with Gasteiger partial charge < -0.3 is 4.52 Å². The molecule has 5 atom stereocenters. The lowest BCUT2D eigenvalue weighted by atomic mass is 9.54. The number of Topliss-reactive ketones (excluding diaryl/α,β-unsaturated/α-hetero) is 1. The van der Waals surface area contributed by atoms with Gasteiger partial charge in [0.05, 0.1) is 0 Å². The Labute approximate surface area is 161 Å². The molecule has 0 bridgehead atoms. The molecule has 5 unspecified atom stereocenters. The van der Waals surface area contributed by atoms with E-state index in [2.05, 4.69) is 13.8 Å². The van der Waals surface area contributed by atoms with E-state index in [1.807, 2.05) is 19.9 Å². The van der Waals surface area contributed by atoms with E-state index >= 15 is 0 Å². The van der Waals surface area contributed by atoms with Gasteiger partial charge in [0.1, 0.15) is 11.5 Å². The van der Waals surface area contributed by atoms with Crippen LogP contribution in [0.15, 0.2) is 18.2 Å². The zero-order valence-corrected chi connectivity index (χ0v) is 17.5. The van der Waals surface area contributed by atoms with Crippen molar-refractivity contribution >= 4 is 13.6 Å². The third kappa shape index (κ3) is 3.62. The summed E-state index contributed by atoms with van der Waals surface area (Å²) in [6.45, 7) is 8.40. The van der Waals surface area contributed by atoms with Crippen molar-refractivity contribution in [3.63, 3.8) is 0 Å². The van der Waals surface area contributed by atoms with Gasteiger partial charge in [-0.25, -0.2) is 4.57 Å². The molecule has 2 N–H and O–H groups in total. The topological polar surface area (TPSA) is 83.8 Å². The Morgan fingerprint density at radius 1 is 1.22 bits per heavy atom. The predicted octanol–water partition coefficient (Wildman–Crippen LogP) is 4.86. The van der Waals surface area contributed by atoms with Gasteiger partial charge in [-0.1, -0.05) is 33.8 Å². The van der Waals surface area contributed by atoms with Gasteiger partial charge in [0.25, 0.3) is 0 Å². The molecule has 1 aromatic carbocycles. The molecule has 0 aromatic heterocycles. The fourth-order valence-electron chi connectivity index (χ4n) is 6.03. The largest absolute Gasteiger partial charge is 0.524 e. The van der Waals surface area contributed by atoms with E-state index < -0.39 is 7.82 Å². The molecule has 5 nitrogen and oxygen atoms in total. The van der Waals surface area contributed by atoms with Gasteiger partial charge in [0, 0.05) is 11.8 Å². The number of ketones is 1. The van der Waals surface area contributed by atoms with Crippen molar-refractivity contribution in [3.8, 4) is 5.75 Å². The highest BCUT2D eigenvalue weighted by Crippen LogP contribution is 2.61. The minimum atomic E-state index is -4.53. The van der Waals surface area contributed by atoms with Crippen LogP contribution in [0.1, 0.15) is 70.4 Å². The van der Waals surface area contributed by atoms with Crippen molar-refractivity contribution in [3.05, 3.63) is 29.3 Å². The van der Waals surface area contributed by atoms with Crippen LogP contribution >= 0.6 is 7.82 Å². The van der Waals surface area contributed by atoms with Crippen LogP contribution in [0.5, 0.6) is 5.75 Å². The van der Waals surface area contributed by atoms with Gasteiger partial charge in [-0.2, -0.15) is 0 Å². The number of hydrogen-bond acceptors (Lipinski definition) is 3. The van der Waals surface area contributed by atoms with Gasteiger partial charge in [0.15, 0.2) is 0 Å². The molecular weight excluding hydrogens is 363 g/mol. The second-order valence-corrected chi connectivity index (χ2v) is 9.50. The Kier molecular flexibility index (Phi) is 5.60. The Morgan fingerprint density at radius 3 is 2.59 bits per heavy atom. The molecule has 150 valence electrons. The lowest BCUT2D eigenvalue weighted by molar-refractivity contribution is -0.129. The van der Waals surface area contributed by atoms with E-state index in [4.69, 9.17) is 14.3 Å². The summed E-state index contributed by atoms with van der Waals surface area (Å²) in [5, 5.41) is 0. The Balaban J connectivity index is 0.00000102. The van der Waals surface area contributed by atoms with Crippen LogP contribution < -0.4 is 4.52 Å². The van der Waals surface area contributed by atoms with Crippen LogP contribution in [0.3, 0.4) is 0 Å². The highest BCUT2D eigenvalue weighted by atomic mass is 31.2. The molecule has 4 rings (SSSR count). The average molecular weight is 394 g/mol. The summed E-state index contributed by atoms with van der Waals surface area (Å²) in [5.41, 5.74) is 2.26. The van der Waals surface area contributed by atoms with Crippen molar-refractivity contribution in [1.29, 1.82) is 0 Å². The lowest BCUT2D eigenvalue weighted by Gasteiger charge is -2.49. The normalized spacial score (nSPS) is 34.7. The summed E-state index contributed by atoms with van der Waals surface area (Å²) >= 11 is 0. The maximum Gasteiger partial charge on any atom is 0.524 e. The zero-order valence-electron chi connectivity index (χ0n) is 16.6. The molecule has 6 heteroatoms. The third-order valence-electron chi connectivity index (χ3n) is 6.93. The van der Waals surface area contributed by atoms with Gasteiger partial charge in [-0.3, -0.25) is 14.6 Å². The third-order valence-corrected chi connectivity index (χ3v) is 7.38. The Morgan fingerprint density at radius 2 is 1.93 bits per heavy atom. The maximum absolute atomic E-state index is 12.5. The zero-order chi connectivity index (χ0) is 20.0. The van der Waals surface area contributed by atoms with Crippen LogP contribution in [0, 0.1) is 23.2 Å². The molecule has 0 aliphatic heterocycles. The van der Waals surface area contributed by atoms with E-state index in [1.54, 1.807) is 12.1 Å². The van der Waals surface area contributed by atoms with E-state index in [1.165, 1.54) is 5.56 Å². The maximum atomic E-state index is 12.5. The van der Waals surface area contributed by atoms with Crippen molar-refractivity contribution in [2.24, 2.45) is 23.2 Å². The predicted molar refractivity (Wildman–Crippen MR) is 105 cm³/mol. The first kappa shape index (κ1) is 20.6. The molecular formula is C21H31O5P. The van der Waals surface area contributed by atoms with Crippen LogP contribution in [-0.2, 0) is 15.8 Å². The first-order valence-corrected chi connectivity index (χ1v) is 11.6. The Bertz CT molecular complexity index is 770. The molecule has 0 heterocycles. The molecule has 1 aromatic rings. The number of rotatable bonds is 2. The first-order valence-electron chi connectivity index (χ1n) is 10.1. The number of carbonyl (C=O) groups is 1. The van der Waals surface area contributed by atoms with Crippen LogP contribution in [-0.4, -0.2) is 15.6 Å². The summed E-state index contributed by atoms with van der Waals surface area (Å²) in [5.74, 6) is 2.55. The molecule has 27 heavy (non-hydrogen) atoms. The van der Waals surface area contributed by atoms with E-state index in [9.17, 15) is 9.36 Å². The van der Waals surface area contributed by atoms with E-state index in [0.29, 0.717) is 35.9 Å². The number of aryl methyl sites for hydroxylation is 1. The quantitative estimate of drug-likeness (QED) is 0.700. The smallest absolute Gasteiger partial charge is 0.404 e. The summed E-state index contributed by atoms with van der Waals surface area (Å²) in [6, 6.07) is 5.42. The fourth-order valence-corrected chi connectivity index (χ4v) is 6.42. The average Bonchev–Trinajstić information content (AvgIpc) is 2.84.